The van der Waals surface area contributed by atoms with Crippen LogP contribution in [-0.2, 0) is 6.54 Å². The van der Waals surface area contributed by atoms with E-state index in [9.17, 15) is 18.0 Å². The minimum atomic E-state index is -2.53. The number of nitrogens with one attached hydrogen (secondary N) is 2. The Morgan fingerprint density at radius 1 is 1.17 bits per heavy atom. The molecular weight excluding hydrogens is 317 g/mol. The van der Waals surface area contributed by atoms with Crippen molar-refractivity contribution in [2.24, 2.45) is 5.41 Å². The molecular formula is C18H21F3N2O. The number of aromatic nitrogens is 1. The van der Waals surface area contributed by atoms with Crippen LogP contribution in [0.4, 0.5) is 13.2 Å². The maximum absolute atomic E-state index is 13.3. The Bertz CT molecular complexity index is 790. The van der Waals surface area contributed by atoms with Gasteiger partial charge in [0.25, 0.3) is 0 Å². The molecule has 1 fully saturated rings. The van der Waals surface area contributed by atoms with Gasteiger partial charge in [-0.1, -0.05) is 6.92 Å². The number of aromatic amines is 1. The average Bonchev–Trinajstić information content (AvgIpc) is 2.52. The molecule has 1 aliphatic rings. The van der Waals surface area contributed by atoms with E-state index in [0.717, 1.165) is 0 Å². The van der Waals surface area contributed by atoms with E-state index >= 15 is 0 Å². The third-order valence-electron chi connectivity index (χ3n) is 4.90. The quantitative estimate of drug-likeness (QED) is 0.886. The molecule has 1 aromatic heterocycles. The zero-order chi connectivity index (χ0) is 17.4. The van der Waals surface area contributed by atoms with E-state index in [2.05, 4.69) is 10.3 Å². The van der Waals surface area contributed by atoms with Crippen LogP contribution in [0.5, 0.6) is 0 Å². The van der Waals surface area contributed by atoms with Gasteiger partial charge in [0.05, 0.1) is 0 Å². The standard InChI is InChI=1S/C18H21F3N2O/c1-17(4-6-18(20,21)7-5-17)11-22-10-13-9-16(24)14-8-12(19)2-3-15(14)23-13/h2-3,8-9,22H,4-7,10-11H2,1H3,(H,23,24). The lowest BCUT2D eigenvalue weighted by atomic mass is 9.74. The highest BCUT2D eigenvalue weighted by molar-refractivity contribution is 5.78. The molecule has 24 heavy (non-hydrogen) atoms. The van der Waals surface area contributed by atoms with Gasteiger partial charge in [-0.3, -0.25) is 4.79 Å². The lowest BCUT2D eigenvalue weighted by molar-refractivity contribution is -0.0630. The first-order valence-electron chi connectivity index (χ1n) is 8.16. The fourth-order valence-electron chi connectivity index (χ4n) is 3.26. The molecule has 2 N–H and O–H groups in total. The lowest BCUT2D eigenvalue weighted by Gasteiger charge is -2.37. The number of fused-ring (bicyclic) bond motifs is 1. The monoisotopic (exact) mass is 338 g/mol. The summed E-state index contributed by atoms with van der Waals surface area (Å²) in [5.41, 5.74) is 0.902. The molecule has 0 saturated heterocycles. The molecule has 3 rings (SSSR count). The van der Waals surface area contributed by atoms with E-state index in [1.54, 1.807) is 6.07 Å². The Hall–Kier alpha value is -1.82. The molecule has 130 valence electrons. The second-order valence-electron chi connectivity index (χ2n) is 7.12. The topological polar surface area (TPSA) is 44.9 Å². The second-order valence-corrected chi connectivity index (χ2v) is 7.12. The van der Waals surface area contributed by atoms with Crippen molar-refractivity contribution in [2.45, 2.75) is 45.1 Å². The highest BCUT2D eigenvalue weighted by atomic mass is 19.3. The van der Waals surface area contributed by atoms with Crippen LogP contribution in [0.2, 0.25) is 0 Å². The summed E-state index contributed by atoms with van der Waals surface area (Å²) in [5, 5.41) is 3.57. The molecule has 2 aromatic rings. The van der Waals surface area contributed by atoms with Crippen molar-refractivity contribution >= 4 is 10.9 Å². The van der Waals surface area contributed by atoms with E-state index in [0.29, 0.717) is 42.5 Å². The van der Waals surface area contributed by atoms with Crippen molar-refractivity contribution in [1.82, 2.24) is 10.3 Å². The van der Waals surface area contributed by atoms with Crippen LogP contribution in [0.15, 0.2) is 29.1 Å². The number of H-pyrrole nitrogens is 1. The highest BCUT2D eigenvalue weighted by Gasteiger charge is 2.40. The van der Waals surface area contributed by atoms with Crippen molar-refractivity contribution in [2.75, 3.05) is 6.54 Å². The fraction of sp³-hybridized carbons (Fsp3) is 0.500. The van der Waals surface area contributed by atoms with Crippen molar-refractivity contribution in [3.05, 3.63) is 46.0 Å². The Balaban J connectivity index is 1.64. The van der Waals surface area contributed by atoms with Crippen molar-refractivity contribution in [1.29, 1.82) is 0 Å². The summed E-state index contributed by atoms with van der Waals surface area (Å²) in [6.45, 7) is 3.07. The second kappa shape index (κ2) is 6.24. The average molecular weight is 338 g/mol. The number of hydrogen-bond donors (Lipinski definition) is 2. The molecule has 1 heterocycles. The summed E-state index contributed by atoms with van der Waals surface area (Å²) in [4.78, 5) is 15.2. The van der Waals surface area contributed by atoms with Crippen molar-refractivity contribution in [3.63, 3.8) is 0 Å². The van der Waals surface area contributed by atoms with Crippen LogP contribution in [0.1, 0.15) is 38.3 Å². The summed E-state index contributed by atoms with van der Waals surface area (Å²) < 4.78 is 39.7. The summed E-state index contributed by atoms with van der Waals surface area (Å²) in [5.74, 6) is -2.97. The molecule has 0 bridgehead atoms. The Labute approximate surface area is 138 Å². The van der Waals surface area contributed by atoms with Crippen LogP contribution in [0.3, 0.4) is 0 Å². The van der Waals surface area contributed by atoms with E-state index in [1.165, 1.54) is 18.2 Å². The maximum atomic E-state index is 13.3. The van der Waals surface area contributed by atoms with Crippen LogP contribution in [0, 0.1) is 11.2 Å². The minimum Gasteiger partial charge on any atom is -0.357 e. The third kappa shape index (κ3) is 3.80. The Morgan fingerprint density at radius 2 is 1.88 bits per heavy atom. The number of benzene rings is 1. The third-order valence-corrected chi connectivity index (χ3v) is 4.90. The summed E-state index contributed by atoms with van der Waals surface area (Å²) in [6, 6.07) is 5.51. The van der Waals surface area contributed by atoms with Gasteiger partial charge >= 0.3 is 0 Å². The van der Waals surface area contributed by atoms with Crippen LogP contribution >= 0.6 is 0 Å². The predicted molar refractivity (Wildman–Crippen MR) is 87.8 cm³/mol. The van der Waals surface area contributed by atoms with Gasteiger partial charge in [-0.15, -0.1) is 0 Å². The number of pyridine rings is 1. The first-order valence-corrected chi connectivity index (χ1v) is 8.16. The Kier molecular flexibility index (Phi) is 4.42. The number of rotatable bonds is 4. The van der Waals surface area contributed by atoms with Crippen LogP contribution in [0.25, 0.3) is 10.9 Å². The number of alkyl halides is 2. The van der Waals surface area contributed by atoms with Gasteiger partial charge < -0.3 is 10.3 Å². The first-order chi connectivity index (χ1) is 11.3. The molecule has 1 saturated carbocycles. The molecule has 1 aromatic carbocycles. The molecule has 0 spiro atoms. The van der Waals surface area contributed by atoms with Gasteiger partial charge in [-0.25, -0.2) is 13.2 Å². The van der Waals surface area contributed by atoms with Crippen LogP contribution in [-0.4, -0.2) is 17.5 Å². The van der Waals surface area contributed by atoms with E-state index in [4.69, 9.17) is 0 Å². The van der Waals surface area contributed by atoms with Gasteiger partial charge in [0.2, 0.25) is 5.92 Å². The van der Waals surface area contributed by atoms with Crippen molar-refractivity contribution < 1.29 is 13.2 Å². The Morgan fingerprint density at radius 3 is 2.58 bits per heavy atom. The van der Waals surface area contributed by atoms with Crippen LogP contribution < -0.4 is 10.7 Å². The lowest BCUT2D eigenvalue weighted by Crippen LogP contribution is -2.38. The van der Waals surface area contributed by atoms with E-state index in [-0.39, 0.29) is 23.7 Å². The largest absolute Gasteiger partial charge is 0.357 e. The van der Waals surface area contributed by atoms with Gasteiger partial charge in [-0.2, -0.15) is 0 Å². The van der Waals surface area contributed by atoms with Gasteiger partial charge in [0.15, 0.2) is 5.43 Å². The molecule has 6 heteroatoms. The minimum absolute atomic E-state index is 0.0659. The highest BCUT2D eigenvalue weighted by Crippen LogP contribution is 2.42. The normalized spacial score (nSPS) is 19.5. The van der Waals surface area contributed by atoms with Crippen molar-refractivity contribution in [3.8, 4) is 0 Å². The molecule has 0 radical (unpaired) electrons. The molecule has 0 unspecified atom stereocenters. The fourth-order valence-corrected chi connectivity index (χ4v) is 3.26. The molecule has 0 amide bonds. The number of hydrogen-bond acceptors (Lipinski definition) is 2. The zero-order valence-corrected chi connectivity index (χ0v) is 13.6. The maximum Gasteiger partial charge on any atom is 0.248 e. The molecule has 0 atom stereocenters. The van der Waals surface area contributed by atoms with Gasteiger partial charge in [-0.05, 0) is 36.5 Å². The van der Waals surface area contributed by atoms with Gasteiger partial charge in [0.1, 0.15) is 5.82 Å². The van der Waals surface area contributed by atoms with E-state index in [1.807, 2.05) is 6.92 Å². The SMILES string of the molecule is CC1(CNCc2cc(=O)c3cc(F)ccc3[nH]2)CCC(F)(F)CC1. The van der Waals surface area contributed by atoms with Gasteiger partial charge in [0, 0.05) is 48.6 Å². The molecule has 1 aliphatic carbocycles. The zero-order valence-electron chi connectivity index (χ0n) is 13.6. The summed E-state index contributed by atoms with van der Waals surface area (Å²) in [6.07, 6.45) is 0.841. The predicted octanol–water partition coefficient (Wildman–Crippen LogP) is 3.97. The molecule has 3 nitrogen and oxygen atoms in total. The number of halogens is 3. The smallest absolute Gasteiger partial charge is 0.248 e. The first kappa shape index (κ1) is 17.0. The summed E-state index contributed by atoms with van der Waals surface area (Å²) in [7, 11) is 0. The molecule has 0 aliphatic heterocycles. The van der Waals surface area contributed by atoms with E-state index < -0.39 is 11.7 Å². The summed E-state index contributed by atoms with van der Waals surface area (Å²) >= 11 is 0.